The van der Waals surface area contributed by atoms with E-state index in [0.29, 0.717) is 0 Å². The van der Waals surface area contributed by atoms with E-state index in [9.17, 15) is 0 Å². The molecule has 38 heavy (non-hydrogen) atoms. The van der Waals surface area contributed by atoms with E-state index in [1.807, 2.05) is 47.0 Å². The molecule has 0 aromatic heterocycles. The molecule has 200 valence electrons. The number of benzene rings is 2. The van der Waals surface area contributed by atoms with Crippen LogP contribution in [0.15, 0.2) is 77.6 Å². The Bertz CT molecular complexity index is 1190. The monoisotopic (exact) mass is 580 g/mol. The first-order valence-electron chi connectivity index (χ1n) is 13.6. The van der Waals surface area contributed by atoms with E-state index in [4.69, 9.17) is 0 Å². The fourth-order valence-corrected chi connectivity index (χ4v) is 12.2. The first-order valence-corrected chi connectivity index (χ1v) is 17.0. The van der Waals surface area contributed by atoms with Gasteiger partial charge in [-0.25, -0.2) is 0 Å². The molecule has 0 unspecified atom stereocenters. The molecule has 0 N–H and O–H groups in total. The van der Waals surface area contributed by atoms with Crippen LogP contribution in [0.4, 0.5) is 22.7 Å². The molecule has 4 nitrogen and oxygen atoms in total. The van der Waals surface area contributed by atoms with Crippen molar-refractivity contribution in [3.8, 4) is 0 Å². The van der Waals surface area contributed by atoms with Gasteiger partial charge in [-0.3, -0.25) is 0 Å². The first-order chi connectivity index (χ1) is 18.4. The van der Waals surface area contributed by atoms with Crippen molar-refractivity contribution < 1.29 is 0 Å². The van der Waals surface area contributed by atoms with Crippen molar-refractivity contribution in [2.24, 2.45) is 0 Å². The van der Waals surface area contributed by atoms with E-state index in [0.717, 1.165) is 26.2 Å². The van der Waals surface area contributed by atoms with Crippen molar-refractivity contribution in [1.82, 2.24) is 0 Å². The Hall–Kier alpha value is -1.74. The molecule has 4 aliphatic heterocycles. The third kappa shape index (κ3) is 3.55. The van der Waals surface area contributed by atoms with Gasteiger partial charge in [-0.1, -0.05) is 71.3 Å². The number of thioether (sulfide) groups is 4. The Kier molecular flexibility index (Phi) is 6.98. The molecule has 6 rings (SSSR count). The number of hydrogen-bond acceptors (Lipinski definition) is 8. The van der Waals surface area contributed by atoms with Crippen molar-refractivity contribution in [2.75, 3.05) is 45.8 Å². The van der Waals surface area contributed by atoms with Crippen LogP contribution >= 0.6 is 47.0 Å². The number of likely N-dealkylation sites (N-methyl/N-ethyl adjacent to an activating group) is 4. The van der Waals surface area contributed by atoms with Gasteiger partial charge >= 0.3 is 0 Å². The molecule has 2 aromatic rings. The molecular weight excluding hydrogens is 545 g/mol. The Morgan fingerprint density at radius 3 is 1.13 bits per heavy atom. The lowest BCUT2D eigenvalue weighted by atomic mass is 10.0. The van der Waals surface area contributed by atoms with E-state index in [2.05, 4.69) is 120 Å². The lowest BCUT2D eigenvalue weighted by Crippen LogP contribution is -2.59. The van der Waals surface area contributed by atoms with Gasteiger partial charge in [0.05, 0.1) is 41.0 Å². The zero-order valence-corrected chi connectivity index (χ0v) is 26.3. The molecule has 4 heterocycles. The number of para-hydroxylation sites is 4. The minimum Gasteiger partial charge on any atom is -0.343 e. The van der Waals surface area contributed by atoms with Crippen molar-refractivity contribution in [3.05, 3.63) is 77.6 Å². The molecule has 0 aliphatic carbocycles. The maximum Gasteiger partial charge on any atom is 0.144 e. The number of nitrogens with zero attached hydrogens (tertiary/aromatic N) is 4. The number of rotatable bonds is 6. The van der Waals surface area contributed by atoms with E-state index < -0.39 is 0 Å². The molecule has 4 aliphatic rings. The SMILES string of the molecule is CCN1c2ccccc2N(CC)C1(C)C1=C(C2(C)N(CC)c3ccccc3N2CC)SC(=C2SC=CS2)S1. The Labute approximate surface area is 244 Å². The van der Waals surface area contributed by atoms with Crippen molar-refractivity contribution in [1.29, 1.82) is 0 Å². The summed E-state index contributed by atoms with van der Waals surface area (Å²) in [5.41, 5.74) is 4.79. The summed E-state index contributed by atoms with van der Waals surface area (Å²) in [6.45, 7) is 17.9. The second kappa shape index (κ2) is 10.0. The molecule has 2 aromatic carbocycles. The maximum absolute atomic E-state index is 2.63. The normalized spacial score (nSPS) is 21.3. The van der Waals surface area contributed by atoms with E-state index in [-0.39, 0.29) is 11.3 Å². The Morgan fingerprint density at radius 2 is 0.842 bits per heavy atom. The highest BCUT2D eigenvalue weighted by Gasteiger charge is 2.57. The summed E-state index contributed by atoms with van der Waals surface area (Å²) in [6, 6.07) is 17.9. The summed E-state index contributed by atoms with van der Waals surface area (Å²) in [4.78, 5) is 13.5. The quantitative estimate of drug-likeness (QED) is 0.332. The van der Waals surface area contributed by atoms with Crippen molar-refractivity contribution >= 4 is 69.8 Å². The van der Waals surface area contributed by atoms with Gasteiger partial charge < -0.3 is 19.6 Å². The van der Waals surface area contributed by atoms with Crippen LogP contribution in [0.2, 0.25) is 0 Å². The highest BCUT2D eigenvalue weighted by atomic mass is 32.2. The first kappa shape index (κ1) is 26.5. The van der Waals surface area contributed by atoms with Gasteiger partial charge in [0.2, 0.25) is 0 Å². The van der Waals surface area contributed by atoms with Gasteiger partial charge in [0.15, 0.2) is 0 Å². The van der Waals surface area contributed by atoms with Crippen LogP contribution in [0.3, 0.4) is 0 Å². The van der Waals surface area contributed by atoms with Crippen LogP contribution in [-0.2, 0) is 0 Å². The average Bonchev–Trinajstić information content (AvgIpc) is 3.70. The van der Waals surface area contributed by atoms with Crippen LogP contribution < -0.4 is 19.6 Å². The summed E-state index contributed by atoms with van der Waals surface area (Å²) in [6.07, 6.45) is 0. The van der Waals surface area contributed by atoms with Gasteiger partial charge in [-0.05, 0) is 76.6 Å². The van der Waals surface area contributed by atoms with Crippen molar-refractivity contribution in [3.63, 3.8) is 0 Å². The predicted molar refractivity (Wildman–Crippen MR) is 175 cm³/mol. The summed E-state index contributed by atoms with van der Waals surface area (Å²) >= 11 is 7.76. The van der Waals surface area contributed by atoms with E-state index >= 15 is 0 Å². The third-order valence-electron chi connectivity index (χ3n) is 8.32. The van der Waals surface area contributed by atoms with Crippen LogP contribution in [0.25, 0.3) is 0 Å². The van der Waals surface area contributed by atoms with Crippen LogP contribution in [-0.4, -0.2) is 37.5 Å². The molecule has 0 bridgehead atoms. The summed E-state index contributed by atoms with van der Waals surface area (Å²) in [5, 5.41) is 4.44. The standard InChI is InChI=1S/C30H36N4S4/c1-7-31-21-15-11-12-16-22(21)32(8-2)29(31,5)25-26(38-28(37-25)27-35-19-20-36-27)30(6)33(9-3)23-17-13-14-18-24(23)34(30)10-4/h11-20H,7-10H2,1-6H3. The minimum atomic E-state index is -0.277. The Balaban J connectivity index is 1.60. The Morgan fingerprint density at radius 1 is 0.526 bits per heavy atom. The van der Waals surface area contributed by atoms with Gasteiger partial charge in [0, 0.05) is 26.2 Å². The second-order valence-electron chi connectivity index (χ2n) is 9.94. The number of fused-ring (bicyclic) bond motifs is 2. The largest absolute Gasteiger partial charge is 0.343 e. The molecule has 0 amide bonds. The van der Waals surface area contributed by atoms with Gasteiger partial charge in [0.25, 0.3) is 0 Å². The highest BCUT2D eigenvalue weighted by molar-refractivity contribution is 8.33. The lowest BCUT2D eigenvalue weighted by molar-refractivity contribution is 0.480. The molecule has 0 spiro atoms. The summed E-state index contributed by atoms with van der Waals surface area (Å²) in [5.74, 6) is 0. The van der Waals surface area contributed by atoms with Gasteiger partial charge in [-0.15, -0.1) is 0 Å². The van der Waals surface area contributed by atoms with Crippen LogP contribution in [0.1, 0.15) is 41.5 Å². The molecule has 0 saturated heterocycles. The number of anilines is 4. The fraction of sp³-hybridized carbons (Fsp3) is 0.400. The summed E-state index contributed by atoms with van der Waals surface area (Å²) in [7, 11) is 0. The number of hydrogen-bond donors (Lipinski definition) is 0. The van der Waals surface area contributed by atoms with Crippen molar-refractivity contribution in [2.45, 2.75) is 52.9 Å². The van der Waals surface area contributed by atoms with E-state index in [1.165, 1.54) is 41.0 Å². The lowest BCUT2D eigenvalue weighted by Gasteiger charge is -2.48. The highest BCUT2D eigenvalue weighted by Crippen LogP contribution is 2.66. The summed E-state index contributed by atoms with van der Waals surface area (Å²) < 4.78 is 2.83. The van der Waals surface area contributed by atoms with Crippen LogP contribution in [0.5, 0.6) is 0 Å². The second-order valence-corrected chi connectivity index (χ2v) is 14.3. The van der Waals surface area contributed by atoms with Gasteiger partial charge in [0.1, 0.15) is 11.3 Å². The van der Waals surface area contributed by atoms with E-state index in [1.54, 1.807) is 0 Å². The third-order valence-corrected chi connectivity index (χ3v) is 14.0. The molecular formula is C30H36N4S4. The predicted octanol–water partition coefficient (Wildman–Crippen LogP) is 8.92. The zero-order chi connectivity index (χ0) is 26.7. The molecule has 0 saturated carbocycles. The topological polar surface area (TPSA) is 13.0 Å². The van der Waals surface area contributed by atoms with Gasteiger partial charge in [-0.2, -0.15) is 0 Å². The zero-order valence-electron chi connectivity index (χ0n) is 23.0. The smallest absolute Gasteiger partial charge is 0.144 e. The molecule has 0 atom stereocenters. The average molecular weight is 581 g/mol. The molecule has 0 fully saturated rings. The van der Waals surface area contributed by atoms with Crippen LogP contribution in [0, 0.1) is 0 Å². The molecule has 0 radical (unpaired) electrons. The maximum atomic E-state index is 2.63. The molecule has 8 heteroatoms. The minimum absolute atomic E-state index is 0.277. The fourth-order valence-electron chi connectivity index (χ4n) is 6.78.